The predicted octanol–water partition coefficient (Wildman–Crippen LogP) is 5.80. The molecule has 1 heterocycles. The standard InChI is InChI=1S/C25H22N2O4S/c1-15(2)16-7-9-17(10-8-16)24(30)26-18-11-12-21(31-14-23(28)29)19(13-18)25-27-20-5-3-4-6-22(20)32-25/h3-13,15H,14H2,1-2H3,(H,26,30)(H,28,29). The number of aromatic nitrogens is 1. The van der Waals surface area contributed by atoms with Crippen LogP contribution in [0, 0.1) is 0 Å². The smallest absolute Gasteiger partial charge is 0.341 e. The molecule has 1 aromatic heterocycles. The van der Waals surface area contributed by atoms with Gasteiger partial charge < -0.3 is 15.2 Å². The van der Waals surface area contributed by atoms with E-state index in [2.05, 4.69) is 24.1 Å². The van der Waals surface area contributed by atoms with E-state index in [1.54, 1.807) is 18.2 Å². The fourth-order valence-corrected chi connectivity index (χ4v) is 4.24. The Bertz CT molecular complexity index is 1250. The first-order valence-corrected chi connectivity index (χ1v) is 11.0. The third kappa shape index (κ3) is 4.78. The van der Waals surface area contributed by atoms with Gasteiger partial charge in [0.15, 0.2) is 6.61 Å². The molecule has 0 spiro atoms. The Morgan fingerprint density at radius 3 is 2.50 bits per heavy atom. The van der Waals surface area contributed by atoms with Gasteiger partial charge in [-0.2, -0.15) is 0 Å². The molecule has 0 aliphatic heterocycles. The number of thiazole rings is 1. The summed E-state index contributed by atoms with van der Waals surface area (Å²) in [5.41, 5.74) is 3.76. The molecule has 3 aromatic carbocycles. The van der Waals surface area contributed by atoms with E-state index in [9.17, 15) is 9.59 Å². The molecule has 32 heavy (non-hydrogen) atoms. The first kappa shape index (κ1) is 21.5. The maximum Gasteiger partial charge on any atom is 0.341 e. The summed E-state index contributed by atoms with van der Waals surface area (Å²) in [6, 6.07) is 20.4. The summed E-state index contributed by atoms with van der Waals surface area (Å²) >= 11 is 1.48. The van der Waals surface area contributed by atoms with E-state index in [1.165, 1.54) is 16.9 Å². The third-order valence-electron chi connectivity index (χ3n) is 4.95. The number of carboxylic acid groups (broad SMARTS) is 1. The number of anilines is 1. The molecular weight excluding hydrogens is 424 g/mol. The maximum atomic E-state index is 12.8. The maximum absolute atomic E-state index is 12.8. The average molecular weight is 447 g/mol. The number of amides is 1. The van der Waals surface area contributed by atoms with E-state index < -0.39 is 12.6 Å². The van der Waals surface area contributed by atoms with Crippen molar-refractivity contribution in [1.29, 1.82) is 0 Å². The summed E-state index contributed by atoms with van der Waals surface area (Å²) in [4.78, 5) is 28.4. The molecule has 2 N–H and O–H groups in total. The van der Waals surface area contributed by atoms with Crippen LogP contribution in [-0.4, -0.2) is 28.6 Å². The van der Waals surface area contributed by atoms with Crippen LogP contribution in [-0.2, 0) is 4.79 Å². The Hall–Kier alpha value is -3.71. The van der Waals surface area contributed by atoms with Crippen molar-refractivity contribution in [2.24, 2.45) is 0 Å². The van der Waals surface area contributed by atoms with Crippen molar-refractivity contribution < 1.29 is 19.4 Å². The van der Waals surface area contributed by atoms with Gasteiger partial charge in [0, 0.05) is 11.3 Å². The number of carboxylic acids is 1. The zero-order valence-corrected chi connectivity index (χ0v) is 18.5. The number of hydrogen-bond donors (Lipinski definition) is 2. The van der Waals surface area contributed by atoms with Gasteiger partial charge in [-0.05, 0) is 53.9 Å². The minimum absolute atomic E-state index is 0.227. The molecule has 1 amide bonds. The van der Waals surface area contributed by atoms with Crippen LogP contribution in [0.15, 0.2) is 66.7 Å². The number of benzene rings is 3. The Morgan fingerprint density at radius 2 is 1.81 bits per heavy atom. The predicted molar refractivity (Wildman–Crippen MR) is 127 cm³/mol. The highest BCUT2D eigenvalue weighted by Gasteiger charge is 2.15. The monoisotopic (exact) mass is 446 g/mol. The van der Waals surface area contributed by atoms with Crippen molar-refractivity contribution in [2.75, 3.05) is 11.9 Å². The molecule has 0 aliphatic carbocycles. The van der Waals surface area contributed by atoms with E-state index >= 15 is 0 Å². The lowest BCUT2D eigenvalue weighted by atomic mass is 10.0. The summed E-state index contributed by atoms with van der Waals surface area (Å²) in [5, 5.41) is 12.6. The van der Waals surface area contributed by atoms with Gasteiger partial charge in [0.1, 0.15) is 10.8 Å². The Kier molecular flexibility index (Phi) is 6.18. The number of fused-ring (bicyclic) bond motifs is 1. The van der Waals surface area contributed by atoms with Crippen LogP contribution in [0.5, 0.6) is 5.75 Å². The zero-order chi connectivity index (χ0) is 22.7. The SMILES string of the molecule is CC(C)c1ccc(C(=O)Nc2ccc(OCC(=O)O)c(-c3nc4ccccc4s3)c2)cc1. The second-order valence-corrected chi connectivity index (χ2v) is 8.64. The molecule has 4 rings (SSSR count). The van der Waals surface area contributed by atoms with Crippen LogP contribution in [0.2, 0.25) is 0 Å². The number of ether oxygens (including phenoxy) is 1. The number of aliphatic carboxylic acids is 1. The Balaban J connectivity index is 1.65. The average Bonchev–Trinajstić information content (AvgIpc) is 3.22. The molecule has 7 heteroatoms. The van der Waals surface area contributed by atoms with Crippen LogP contribution >= 0.6 is 11.3 Å². The van der Waals surface area contributed by atoms with Gasteiger partial charge in [0.25, 0.3) is 5.91 Å². The molecule has 0 atom stereocenters. The van der Waals surface area contributed by atoms with E-state index in [1.807, 2.05) is 48.5 Å². The second kappa shape index (κ2) is 9.20. The van der Waals surface area contributed by atoms with Crippen LogP contribution in [0.1, 0.15) is 35.7 Å². The molecule has 6 nitrogen and oxygen atoms in total. The number of carbonyl (C=O) groups is 2. The van der Waals surface area contributed by atoms with Crippen LogP contribution < -0.4 is 10.1 Å². The van der Waals surface area contributed by atoms with Crippen molar-refractivity contribution in [3.8, 4) is 16.3 Å². The van der Waals surface area contributed by atoms with Gasteiger partial charge in [-0.25, -0.2) is 9.78 Å². The van der Waals surface area contributed by atoms with Gasteiger partial charge >= 0.3 is 5.97 Å². The van der Waals surface area contributed by atoms with Gasteiger partial charge in [-0.3, -0.25) is 4.79 Å². The molecule has 0 aliphatic rings. The lowest BCUT2D eigenvalue weighted by molar-refractivity contribution is -0.139. The van der Waals surface area contributed by atoms with E-state index in [4.69, 9.17) is 9.84 Å². The van der Waals surface area contributed by atoms with Crippen molar-refractivity contribution in [2.45, 2.75) is 19.8 Å². The number of nitrogens with zero attached hydrogens (tertiary/aromatic N) is 1. The van der Waals surface area contributed by atoms with Gasteiger partial charge in [0.2, 0.25) is 0 Å². The van der Waals surface area contributed by atoms with Crippen molar-refractivity contribution in [3.63, 3.8) is 0 Å². The van der Waals surface area contributed by atoms with Crippen LogP contribution in [0.3, 0.4) is 0 Å². The van der Waals surface area contributed by atoms with Crippen LogP contribution in [0.4, 0.5) is 5.69 Å². The Morgan fingerprint density at radius 1 is 1.06 bits per heavy atom. The highest BCUT2D eigenvalue weighted by Crippen LogP contribution is 2.37. The van der Waals surface area contributed by atoms with E-state index in [-0.39, 0.29) is 5.91 Å². The van der Waals surface area contributed by atoms with Gasteiger partial charge in [0.05, 0.1) is 15.8 Å². The fourth-order valence-electron chi connectivity index (χ4n) is 3.25. The fraction of sp³-hybridized carbons (Fsp3) is 0.160. The summed E-state index contributed by atoms with van der Waals surface area (Å²) < 4.78 is 6.49. The highest BCUT2D eigenvalue weighted by molar-refractivity contribution is 7.21. The van der Waals surface area contributed by atoms with Gasteiger partial charge in [-0.1, -0.05) is 38.1 Å². The number of hydrogen-bond acceptors (Lipinski definition) is 5. The molecule has 162 valence electrons. The normalized spacial score (nSPS) is 11.0. The molecule has 0 fully saturated rings. The number of carbonyl (C=O) groups excluding carboxylic acids is 1. The molecule has 4 aromatic rings. The first-order chi connectivity index (χ1) is 15.4. The van der Waals surface area contributed by atoms with E-state index in [0.717, 1.165) is 10.2 Å². The molecule has 0 saturated heterocycles. The molecule has 0 saturated carbocycles. The van der Waals surface area contributed by atoms with Crippen LogP contribution in [0.25, 0.3) is 20.8 Å². The largest absolute Gasteiger partial charge is 0.481 e. The van der Waals surface area contributed by atoms with Gasteiger partial charge in [-0.15, -0.1) is 11.3 Å². The first-order valence-electron chi connectivity index (χ1n) is 10.2. The summed E-state index contributed by atoms with van der Waals surface area (Å²) in [6.07, 6.45) is 0. The zero-order valence-electron chi connectivity index (χ0n) is 17.7. The second-order valence-electron chi connectivity index (χ2n) is 7.61. The highest BCUT2D eigenvalue weighted by atomic mass is 32.1. The molecule has 0 radical (unpaired) electrons. The number of nitrogens with one attached hydrogen (secondary N) is 1. The summed E-state index contributed by atoms with van der Waals surface area (Å²) in [6.45, 7) is 3.74. The summed E-state index contributed by atoms with van der Waals surface area (Å²) in [5.74, 6) is -0.509. The molecule has 0 unspecified atom stereocenters. The Labute approximate surface area is 189 Å². The van der Waals surface area contributed by atoms with E-state index in [0.29, 0.717) is 33.5 Å². The van der Waals surface area contributed by atoms with Crippen molar-refractivity contribution in [3.05, 3.63) is 77.9 Å². The third-order valence-corrected chi connectivity index (χ3v) is 6.02. The van der Waals surface area contributed by atoms with Crippen molar-refractivity contribution in [1.82, 2.24) is 4.98 Å². The topological polar surface area (TPSA) is 88.5 Å². The minimum atomic E-state index is -1.07. The molecule has 0 bridgehead atoms. The summed E-state index contributed by atoms with van der Waals surface area (Å²) in [7, 11) is 0. The lowest BCUT2D eigenvalue weighted by Gasteiger charge is -2.12. The number of rotatable bonds is 7. The quantitative estimate of drug-likeness (QED) is 0.374. The lowest BCUT2D eigenvalue weighted by Crippen LogP contribution is -2.13. The van der Waals surface area contributed by atoms with Crippen molar-refractivity contribution >= 4 is 39.1 Å². The molecular formula is C25H22N2O4S. The minimum Gasteiger partial charge on any atom is -0.481 e. The number of para-hydroxylation sites is 1.